The van der Waals surface area contributed by atoms with E-state index in [4.69, 9.17) is 22.1 Å². The highest BCUT2D eigenvalue weighted by atomic mass is 35.5. The summed E-state index contributed by atoms with van der Waals surface area (Å²) in [6, 6.07) is 4.46. The van der Waals surface area contributed by atoms with Gasteiger partial charge in [0, 0.05) is 36.5 Å². The van der Waals surface area contributed by atoms with Crippen LogP contribution in [0.15, 0.2) is 12.1 Å². The first-order chi connectivity index (χ1) is 8.22. The maximum absolute atomic E-state index is 5.99. The zero-order valence-electron chi connectivity index (χ0n) is 10.1. The van der Waals surface area contributed by atoms with E-state index in [2.05, 4.69) is 17.9 Å². The summed E-state index contributed by atoms with van der Waals surface area (Å²) in [5, 5.41) is 0. The first-order valence-electron chi connectivity index (χ1n) is 5.99. The molecule has 0 radical (unpaired) electrons. The van der Waals surface area contributed by atoms with E-state index in [1.165, 1.54) is 4.88 Å². The largest absolute Gasteiger partial charge is 0.379 e. The quantitative estimate of drug-likeness (QED) is 0.915. The molecule has 1 aliphatic heterocycles. The lowest BCUT2D eigenvalue weighted by molar-refractivity contribution is 0.0139. The van der Waals surface area contributed by atoms with Gasteiger partial charge in [0.25, 0.3) is 0 Å². The maximum Gasteiger partial charge on any atom is 0.0931 e. The predicted molar refractivity (Wildman–Crippen MR) is 73.0 cm³/mol. The Balaban J connectivity index is 2.06. The zero-order valence-corrected chi connectivity index (χ0v) is 11.6. The van der Waals surface area contributed by atoms with Crippen LogP contribution in [0, 0.1) is 0 Å². The van der Waals surface area contributed by atoms with Crippen LogP contribution in [0.2, 0.25) is 4.34 Å². The molecule has 2 N–H and O–H groups in total. The minimum Gasteiger partial charge on any atom is -0.379 e. The summed E-state index contributed by atoms with van der Waals surface area (Å²) in [6.45, 7) is 6.49. The molecule has 3 nitrogen and oxygen atoms in total. The average molecular weight is 275 g/mol. The van der Waals surface area contributed by atoms with Gasteiger partial charge in [0.1, 0.15) is 0 Å². The maximum atomic E-state index is 5.99. The fourth-order valence-corrected chi connectivity index (χ4v) is 3.51. The van der Waals surface area contributed by atoms with Gasteiger partial charge in [0.05, 0.1) is 17.6 Å². The van der Waals surface area contributed by atoms with Gasteiger partial charge in [-0.15, -0.1) is 11.3 Å². The van der Waals surface area contributed by atoms with Crippen LogP contribution in [0.5, 0.6) is 0 Å². The molecular formula is C12H19ClN2OS. The molecule has 0 spiro atoms. The number of hydrogen-bond acceptors (Lipinski definition) is 4. The monoisotopic (exact) mass is 274 g/mol. The third-order valence-corrected chi connectivity index (χ3v) is 4.81. The van der Waals surface area contributed by atoms with Gasteiger partial charge in [-0.1, -0.05) is 18.5 Å². The van der Waals surface area contributed by atoms with Gasteiger partial charge in [0.15, 0.2) is 0 Å². The van der Waals surface area contributed by atoms with Crippen molar-refractivity contribution in [1.29, 1.82) is 0 Å². The molecule has 1 saturated heterocycles. The lowest BCUT2D eigenvalue weighted by Crippen LogP contribution is -2.49. The Kier molecular flexibility index (Phi) is 4.82. The lowest BCUT2D eigenvalue weighted by Gasteiger charge is -2.36. The summed E-state index contributed by atoms with van der Waals surface area (Å²) in [6.07, 6.45) is 0. The second kappa shape index (κ2) is 6.16. The summed E-state index contributed by atoms with van der Waals surface area (Å²) in [7, 11) is 0. The van der Waals surface area contributed by atoms with Crippen molar-refractivity contribution in [3.05, 3.63) is 21.3 Å². The Hall–Kier alpha value is -0.130. The van der Waals surface area contributed by atoms with Crippen LogP contribution < -0.4 is 5.73 Å². The van der Waals surface area contributed by atoms with Gasteiger partial charge >= 0.3 is 0 Å². The van der Waals surface area contributed by atoms with E-state index in [9.17, 15) is 0 Å². The number of rotatable bonds is 4. The lowest BCUT2D eigenvalue weighted by atomic mass is 9.98. The number of ether oxygens (including phenoxy) is 1. The molecule has 17 heavy (non-hydrogen) atoms. The molecule has 96 valence electrons. The Morgan fingerprint density at radius 1 is 1.47 bits per heavy atom. The summed E-state index contributed by atoms with van der Waals surface area (Å²) in [5.41, 5.74) is 5.94. The Bertz CT molecular complexity index is 352. The van der Waals surface area contributed by atoms with Crippen LogP contribution >= 0.6 is 22.9 Å². The van der Waals surface area contributed by atoms with E-state index in [1.807, 2.05) is 6.07 Å². The van der Waals surface area contributed by atoms with Gasteiger partial charge in [0.2, 0.25) is 0 Å². The highest BCUT2D eigenvalue weighted by Crippen LogP contribution is 2.31. The normalized spacial score (nSPS) is 21.4. The van der Waals surface area contributed by atoms with Crippen molar-refractivity contribution in [2.75, 3.05) is 32.8 Å². The number of thiophene rings is 1. The first kappa shape index (κ1) is 13.3. The van der Waals surface area contributed by atoms with Crippen LogP contribution in [0.1, 0.15) is 17.7 Å². The zero-order chi connectivity index (χ0) is 12.3. The highest BCUT2D eigenvalue weighted by Gasteiger charge is 2.26. The molecule has 0 aliphatic carbocycles. The number of nitrogens with two attached hydrogens (primary N) is 1. The number of morpholine rings is 1. The predicted octanol–water partition coefficient (Wildman–Crippen LogP) is 2.16. The van der Waals surface area contributed by atoms with Crippen molar-refractivity contribution >= 4 is 22.9 Å². The van der Waals surface area contributed by atoms with Crippen LogP contribution in [0.4, 0.5) is 0 Å². The highest BCUT2D eigenvalue weighted by molar-refractivity contribution is 7.16. The van der Waals surface area contributed by atoms with Crippen molar-refractivity contribution in [1.82, 2.24) is 4.90 Å². The number of halogens is 1. The van der Waals surface area contributed by atoms with Crippen molar-refractivity contribution in [3.8, 4) is 0 Å². The van der Waals surface area contributed by atoms with Gasteiger partial charge in [-0.05, 0) is 12.1 Å². The van der Waals surface area contributed by atoms with Gasteiger partial charge in [-0.3, -0.25) is 4.90 Å². The molecule has 0 bridgehead atoms. The summed E-state index contributed by atoms with van der Waals surface area (Å²) in [5.74, 6) is 0.426. The molecule has 2 heterocycles. The SMILES string of the molecule is CC(c1ccc(Cl)s1)C(CN)N1CCOCC1. The molecular weight excluding hydrogens is 256 g/mol. The van der Waals surface area contributed by atoms with Crippen molar-refractivity contribution < 1.29 is 4.74 Å². The van der Waals surface area contributed by atoms with Crippen LogP contribution in [0.3, 0.4) is 0 Å². The standard InChI is InChI=1S/C12H19ClN2OS/c1-9(11-2-3-12(13)17-11)10(8-14)15-4-6-16-7-5-15/h2-3,9-10H,4-8,14H2,1H3. The van der Waals surface area contributed by atoms with E-state index in [0.717, 1.165) is 30.6 Å². The molecule has 0 amide bonds. The third-order valence-electron chi connectivity index (χ3n) is 3.38. The van der Waals surface area contributed by atoms with Crippen LogP contribution in [-0.2, 0) is 4.74 Å². The molecule has 0 aromatic carbocycles. The second-order valence-electron chi connectivity index (χ2n) is 4.38. The fraction of sp³-hybridized carbons (Fsp3) is 0.667. The molecule has 1 aromatic rings. The molecule has 1 aliphatic rings. The van der Waals surface area contributed by atoms with E-state index in [-0.39, 0.29) is 0 Å². The fourth-order valence-electron chi connectivity index (χ4n) is 2.34. The Morgan fingerprint density at radius 3 is 2.71 bits per heavy atom. The number of hydrogen-bond donors (Lipinski definition) is 1. The minimum absolute atomic E-state index is 0.383. The molecule has 0 saturated carbocycles. The van der Waals surface area contributed by atoms with E-state index >= 15 is 0 Å². The van der Waals surface area contributed by atoms with Gasteiger partial charge in [-0.2, -0.15) is 0 Å². The molecule has 1 fully saturated rings. The Morgan fingerprint density at radius 2 is 2.18 bits per heavy atom. The molecule has 1 aromatic heterocycles. The van der Waals surface area contributed by atoms with E-state index in [0.29, 0.717) is 18.5 Å². The minimum atomic E-state index is 0.383. The van der Waals surface area contributed by atoms with E-state index < -0.39 is 0 Å². The van der Waals surface area contributed by atoms with Crippen molar-refractivity contribution in [2.24, 2.45) is 5.73 Å². The van der Waals surface area contributed by atoms with Gasteiger partial charge < -0.3 is 10.5 Å². The van der Waals surface area contributed by atoms with Gasteiger partial charge in [-0.25, -0.2) is 0 Å². The summed E-state index contributed by atoms with van der Waals surface area (Å²) >= 11 is 7.65. The molecule has 2 unspecified atom stereocenters. The summed E-state index contributed by atoms with van der Waals surface area (Å²) < 4.78 is 6.23. The van der Waals surface area contributed by atoms with Crippen LogP contribution in [0.25, 0.3) is 0 Å². The smallest absolute Gasteiger partial charge is 0.0931 e. The van der Waals surface area contributed by atoms with Crippen molar-refractivity contribution in [3.63, 3.8) is 0 Å². The van der Waals surface area contributed by atoms with Crippen molar-refractivity contribution in [2.45, 2.75) is 18.9 Å². The van der Waals surface area contributed by atoms with Crippen LogP contribution in [-0.4, -0.2) is 43.8 Å². The first-order valence-corrected chi connectivity index (χ1v) is 7.19. The second-order valence-corrected chi connectivity index (χ2v) is 6.13. The number of nitrogens with zero attached hydrogens (tertiary/aromatic N) is 1. The van der Waals surface area contributed by atoms with E-state index in [1.54, 1.807) is 11.3 Å². The average Bonchev–Trinajstić information content (AvgIpc) is 2.78. The molecule has 2 rings (SSSR count). The molecule has 5 heteroatoms. The summed E-state index contributed by atoms with van der Waals surface area (Å²) in [4.78, 5) is 3.75. The Labute approximate surface area is 112 Å². The topological polar surface area (TPSA) is 38.5 Å². The molecule has 2 atom stereocenters. The third kappa shape index (κ3) is 3.20.